The Morgan fingerprint density at radius 3 is 2.63 bits per heavy atom. The van der Waals surface area contributed by atoms with Crippen LogP contribution in [0.3, 0.4) is 0 Å². The van der Waals surface area contributed by atoms with Crippen molar-refractivity contribution < 1.29 is 9.53 Å². The first kappa shape index (κ1) is 19.5. The van der Waals surface area contributed by atoms with Gasteiger partial charge in [-0.2, -0.15) is 0 Å². The van der Waals surface area contributed by atoms with Crippen molar-refractivity contribution in [2.75, 3.05) is 31.2 Å². The number of piperidine rings is 1. The van der Waals surface area contributed by atoms with Gasteiger partial charge in [0.1, 0.15) is 11.9 Å². The number of carbonyl (C=O) groups is 1. The number of hydrogen-bond acceptors (Lipinski definition) is 4. The number of likely N-dealkylation sites (tertiary alicyclic amines) is 1. The van der Waals surface area contributed by atoms with Crippen LogP contribution in [0, 0.1) is 0 Å². The minimum Gasteiger partial charge on any atom is -0.490 e. The fourth-order valence-electron chi connectivity index (χ4n) is 3.04. The maximum atomic E-state index is 12.6. The summed E-state index contributed by atoms with van der Waals surface area (Å²) in [6, 6.07) is 15.3. The molecule has 1 fully saturated rings. The van der Waals surface area contributed by atoms with Crippen molar-refractivity contribution in [1.82, 2.24) is 4.90 Å². The van der Waals surface area contributed by atoms with Gasteiger partial charge in [-0.15, -0.1) is 18.3 Å². The second-order valence-electron chi connectivity index (χ2n) is 6.69. The highest BCUT2D eigenvalue weighted by atomic mass is 32.2. The third-order valence-corrected chi connectivity index (χ3v) is 5.64. The lowest BCUT2D eigenvalue weighted by molar-refractivity contribution is 0.102. The summed E-state index contributed by atoms with van der Waals surface area (Å²) in [5.74, 6) is 1.52. The number of rotatable bonds is 7. The Hall–Kier alpha value is -2.24. The molecule has 4 nitrogen and oxygen atoms in total. The molecule has 1 amide bonds. The first-order valence-electron chi connectivity index (χ1n) is 9.25. The minimum absolute atomic E-state index is 0.105. The van der Waals surface area contributed by atoms with Crippen molar-refractivity contribution in [1.29, 1.82) is 0 Å². The van der Waals surface area contributed by atoms with Crippen LogP contribution in [0.15, 0.2) is 66.1 Å². The van der Waals surface area contributed by atoms with E-state index in [0.29, 0.717) is 5.56 Å². The smallest absolute Gasteiger partial charge is 0.256 e. The predicted molar refractivity (Wildman–Crippen MR) is 113 cm³/mol. The fraction of sp³-hybridized carbons (Fsp3) is 0.318. The van der Waals surface area contributed by atoms with Gasteiger partial charge in [0, 0.05) is 29.4 Å². The summed E-state index contributed by atoms with van der Waals surface area (Å²) in [7, 11) is 2.14. The Balaban J connectivity index is 1.59. The number of anilines is 1. The number of carbonyl (C=O) groups excluding carboxylic acids is 1. The van der Waals surface area contributed by atoms with E-state index in [9.17, 15) is 4.79 Å². The molecule has 0 aromatic heterocycles. The molecule has 5 heteroatoms. The van der Waals surface area contributed by atoms with E-state index < -0.39 is 0 Å². The molecule has 1 N–H and O–H groups in total. The van der Waals surface area contributed by atoms with Gasteiger partial charge < -0.3 is 15.0 Å². The molecule has 0 aliphatic carbocycles. The summed E-state index contributed by atoms with van der Waals surface area (Å²) in [6.45, 7) is 5.88. The van der Waals surface area contributed by atoms with E-state index in [4.69, 9.17) is 4.74 Å². The van der Waals surface area contributed by atoms with Crippen LogP contribution in [0.2, 0.25) is 0 Å². The number of benzene rings is 2. The van der Waals surface area contributed by atoms with Crippen LogP contribution in [-0.4, -0.2) is 42.8 Å². The number of nitrogens with zero attached hydrogens (tertiary/aromatic N) is 1. The van der Waals surface area contributed by atoms with Crippen molar-refractivity contribution in [2.45, 2.75) is 23.8 Å². The van der Waals surface area contributed by atoms with Crippen LogP contribution in [0.1, 0.15) is 23.2 Å². The second kappa shape index (κ2) is 9.62. The zero-order chi connectivity index (χ0) is 19.1. The van der Waals surface area contributed by atoms with Crippen LogP contribution in [0.25, 0.3) is 0 Å². The topological polar surface area (TPSA) is 41.6 Å². The van der Waals surface area contributed by atoms with Crippen LogP contribution in [-0.2, 0) is 0 Å². The highest BCUT2D eigenvalue weighted by Crippen LogP contribution is 2.25. The summed E-state index contributed by atoms with van der Waals surface area (Å²) >= 11 is 1.61. The SMILES string of the molecule is C=CCSc1ccccc1C(=O)Nc1ccc(OC2CCN(C)CC2)cc1. The van der Waals surface area contributed by atoms with E-state index >= 15 is 0 Å². The first-order chi connectivity index (χ1) is 13.2. The van der Waals surface area contributed by atoms with Crippen LogP contribution < -0.4 is 10.1 Å². The summed E-state index contributed by atoms with van der Waals surface area (Å²) in [5.41, 5.74) is 1.44. The van der Waals surface area contributed by atoms with E-state index in [-0.39, 0.29) is 12.0 Å². The van der Waals surface area contributed by atoms with Gasteiger partial charge in [0.15, 0.2) is 0 Å². The number of thioether (sulfide) groups is 1. The average Bonchev–Trinajstić information content (AvgIpc) is 2.70. The summed E-state index contributed by atoms with van der Waals surface area (Å²) < 4.78 is 6.06. The molecular weight excluding hydrogens is 356 g/mol. The Morgan fingerprint density at radius 2 is 1.93 bits per heavy atom. The summed E-state index contributed by atoms with van der Waals surface area (Å²) in [4.78, 5) is 15.9. The van der Waals surface area contributed by atoms with Crippen molar-refractivity contribution in [3.05, 3.63) is 66.7 Å². The van der Waals surface area contributed by atoms with Crippen LogP contribution in [0.5, 0.6) is 5.75 Å². The average molecular weight is 383 g/mol. The number of nitrogens with one attached hydrogen (secondary N) is 1. The third-order valence-electron chi connectivity index (χ3n) is 4.57. The Bertz CT molecular complexity index is 768. The lowest BCUT2D eigenvalue weighted by atomic mass is 10.1. The molecule has 1 aliphatic heterocycles. The quantitative estimate of drug-likeness (QED) is 0.557. The maximum absolute atomic E-state index is 12.6. The van der Waals surface area contributed by atoms with Crippen LogP contribution in [0.4, 0.5) is 5.69 Å². The van der Waals surface area contributed by atoms with Gasteiger partial charge in [0.2, 0.25) is 0 Å². The Morgan fingerprint density at radius 1 is 1.22 bits per heavy atom. The third kappa shape index (κ3) is 5.62. The van der Waals surface area contributed by atoms with Gasteiger partial charge in [0.05, 0.1) is 5.56 Å². The molecule has 0 spiro atoms. The largest absolute Gasteiger partial charge is 0.490 e. The zero-order valence-corrected chi connectivity index (χ0v) is 16.5. The molecule has 2 aromatic carbocycles. The van der Waals surface area contributed by atoms with Crippen molar-refractivity contribution >= 4 is 23.4 Å². The molecule has 0 unspecified atom stereocenters. The van der Waals surface area contributed by atoms with E-state index in [1.54, 1.807) is 11.8 Å². The molecule has 0 radical (unpaired) electrons. The zero-order valence-electron chi connectivity index (χ0n) is 15.7. The van der Waals surface area contributed by atoms with E-state index in [1.165, 1.54) is 0 Å². The van der Waals surface area contributed by atoms with Crippen molar-refractivity contribution in [2.24, 2.45) is 0 Å². The summed E-state index contributed by atoms with van der Waals surface area (Å²) in [5, 5.41) is 2.97. The highest BCUT2D eigenvalue weighted by Gasteiger charge is 2.18. The van der Waals surface area contributed by atoms with Crippen LogP contribution >= 0.6 is 11.8 Å². The first-order valence-corrected chi connectivity index (χ1v) is 10.2. The molecule has 0 atom stereocenters. The molecular formula is C22H26N2O2S. The standard InChI is InChI=1S/C22H26N2O2S/c1-3-16-27-21-7-5-4-6-20(21)22(25)23-17-8-10-18(11-9-17)26-19-12-14-24(2)15-13-19/h3-11,19H,1,12-16H2,2H3,(H,23,25). The maximum Gasteiger partial charge on any atom is 0.256 e. The van der Waals surface area contributed by atoms with Gasteiger partial charge in [0.25, 0.3) is 5.91 Å². The van der Waals surface area contributed by atoms with E-state index in [0.717, 1.165) is 48.0 Å². The van der Waals surface area contributed by atoms with E-state index in [1.807, 2.05) is 54.6 Å². The Labute approximate surface area is 165 Å². The Kier molecular flexibility index (Phi) is 6.96. The van der Waals surface area contributed by atoms with Gasteiger partial charge in [-0.3, -0.25) is 4.79 Å². The lowest BCUT2D eigenvalue weighted by Gasteiger charge is -2.29. The molecule has 1 heterocycles. The molecule has 0 bridgehead atoms. The number of hydrogen-bond donors (Lipinski definition) is 1. The highest BCUT2D eigenvalue weighted by molar-refractivity contribution is 7.99. The van der Waals surface area contributed by atoms with Gasteiger partial charge in [-0.1, -0.05) is 18.2 Å². The normalized spacial score (nSPS) is 15.3. The van der Waals surface area contributed by atoms with Crippen molar-refractivity contribution in [3.63, 3.8) is 0 Å². The monoisotopic (exact) mass is 382 g/mol. The molecule has 2 aromatic rings. The minimum atomic E-state index is -0.105. The van der Waals surface area contributed by atoms with Gasteiger partial charge >= 0.3 is 0 Å². The van der Waals surface area contributed by atoms with E-state index in [2.05, 4.69) is 23.8 Å². The molecule has 27 heavy (non-hydrogen) atoms. The van der Waals surface area contributed by atoms with Crippen molar-refractivity contribution in [3.8, 4) is 5.75 Å². The molecule has 142 valence electrons. The molecule has 0 saturated carbocycles. The second-order valence-corrected chi connectivity index (χ2v) is 7.76. The van der Waals surface area contributed by atoms with Gasteiger partial charge in [-0.25, -0.2) is 0 Å². The van der Waals surface area contributed by atoms with Gasteiger partial charge in [-0.05, 0) is 56.3 Å². The summed E-state index contributed by atoms with van der Waals surface area (Å²) in [6.07, 6.45) is 4.21. The fourth-order valence-corrected chi connectivity index (χ4v) is 3.83. The molecule has 3 rings (SSSR count). The molecule has 1 aliphatic rings. The lowest BCUT2D eigenvalue weighted by Crippen LogP contribution is -2.35. The number of ether oxygens (including phenoxy) is 1. The number of amides is 1. The predicted octanol–water partition coefficient (Wildman–Crippen LogP) is 4.69. The molecule has 1 saturated heterocycles.